The molecule has 0 spiro atoms. The lowest BCUT2D eigenvalue weighted by molar-refractivity contribution is 0.106. The van der Waals surface area contributed by atoms with E-state index in [0.29, 0.717) is 27.2 Å². The molecule has 0 atom stereocenters. The molecule has 288 valence electrons. The zero-order valence-corrected chi connectivity index (χ0v) is 31.2. The van der Waals surface area contributed by atoms with Crippen LogP contribution in [0, 0.1) is 0 Å². The molecule has 57 heavy (non-hydrogen) atoms. The number of hydrazone groups is 1. The Balaban J connectivity index is 1.10. The summed E-state index contributed by atoms with van der Waals surface area (Å²) in [7, 11) is -14.2. The van der Waals surface area contributed by atoms with Gasteiger partial charge in [-0.25, -0.2) is 4.79 Å². The number of carbonyl (C=O) groups excluding carboxylic acids is 2. The molecule has 6 aromatic rings. The molecule has 20 heteroatoms. The van der Waals surface area contributed by atoms with Crippen LogP contribution in [0.4, 0.5) is 33.2 Å². The number of nitrogens with zero attached hydrogens (tertiary/aromatic N) is 3. The van der Waals surface area contributed by atoms with Crippen LogP contribution in [0.1, 0.15) is 15.9 Å². The lowest BCUT2D eigenvalue weighted by Crippen LogP contribution is -2.27. The minimum absolute atomic E-state index is 0.00277. The number of azo groups is 1. The molecular formula is C37H26N6O11S3. The van der Waals surface area contributed by atoms with E-state index in [9.17, 15) is 48.5 Å². The van der Waals surface area contributed by atoms with Crippen LogP contribution in [0.5, 0.6) is 0 Å². The maximum absolute atomic E-state index is 13.5. The standard InChI is InChI=1S/C37H26N6O11S3/c44-36-31-13-11-28(16-25(31)20-34(57(52,53)54)35(36)43-41-29-10-7-22-17-30(55(46,47)48)12-8-21(22)14-29)39-37(45)38-27-9-6-23-18-32(42-40-26-4-2-1-3-5-26)33(56(49,50)51)19-24(23)15-27/h1-20,41H,(H2,38,39,45)(H,46,47,48)(H,49,50,51)(H,52,53,54)/b42-40?,43-35+. The summed E-state index contributed by atoms with van der Waals surface area (Å²) in [6, 6.07) is 27.3. The van der Waals surface area contributed by atoms with E-state index in [4.69, 9.17) is 0 Å². The molecule has 0 saturated carbocycles. The van der Waals surface area contributed by atoms with Gasteiger partial charge in [0.25, 0.3) is 30.4 Å². The predicted octanol–water partition coefficient (Wildman–Crippen LogP) is 7.44. The van der Waals surface area contributed by atoms with Gasteiger partial charge < -0.3 is 10.6 Å². The molecule has 6 aromatic carbocycles. The molecule has 17 nitrogen and oxygen atoms in total. The number of amides is 2. The van der Waals surface area contributed by atoms with Crippen molar-refractivity contribution in [1.82, 2.24) is 0 Å². The van der Waals surface area contributed by atoms with Crippen molar-refractivity contribution in [3.8, 4) is 0 Å². The number of benzene rings is 6. The van der Waals surface area contributed by atoms with E-state index in [0.717, 1.165) is 6.08 Å². The average molecular weight is 827 g/mol. The highest BCUT2D eigenvalue weighted by atomic mass is 32.2. The highest BCUT2D eigenvalue weighted by Crippen LogP contribution is 2.33. The number of urea groups is 1. The van der Waals surface area contributed by atoms with Crippen molar-refractivity contribution in [3.05, 3.63) is 131 Å². The van der Waals surface area contributed by atoms with Crippen molar-refractivity contribution in [2.24, 2.45) is 15.3 Å². The van der Waals surface area contributed by atoms with E-state index in [2.05, 4.69) is 31.4 Å². The summed E-state index contributed by atoms with van der Waals surface area (Å²) < 4.78 is 101. The maximum Gasteiger partial charge on any atom is 0.323 e. The van der Waals surface area contributed by atoms with Gasteiger partial charge >= 0.3 is 6.03 Å². The van der Waals surface area contributed by atoms with Gasteiger partial charge in [-0.15, -0.1) is 5.11 Å². The second-order valence-corrected chi connectivity index (χ2v) is 16.6. The number of hydrogen-bond acceptors (Lipinski definition) is 12. The van der Waals surface area contributed by atoms with Gasteiger partial charge in [-0.2, -0.15) is 35.5 Å². The summed E-state index contributed by atoms with van der Waals surface area (Å²) >= 11 is 0. The van der Waals surface area contributed by atoms with Crippen LogP contribution in [-0.4, -0.2) is 56.4 Å². The van der Waals surface area contributed by atoms with E-state index in [1.54, 1.807) is 36.4 Å². The molecule has 0 aliphatic heterocycles. The smallest absolute Gasteiger partial charge is 0.308 e. The molecule has 0 saturated heterocycles. The van der Waals surface area contributed by atoms with Gasteiger partial charge in [0.1, 0.15) is 15.5 Å². The zero-order chi connectivity index (χ0) is 40.7. The third-order valence-electron chi connectivity index (χ3n) is 8.46. The molecule has 1 aliphatic carbocycles. The van der Waals surface area contributed by atoms with E-state index >= 15 is 0 Å². The lowest BCUT2D eigenvalue weighted by Gasteiger charge is -2.17. The van der Waals surface area contributed by atoms with E-state index in [-0.39, 0.29) is 38.8 Å². The number of anilines is 3. The Hall–Kier alpha value is -6.68. The van der Waals surface area contributed by atoms with Crippen LogP contribution in [0.2, 0.25) is 0 Å². The molecule has 0 aromatic heterocycles. The summed E-state index contributed by atoms with van der Waals surface area (Å²) in [6.07, 6.45) is 1.01. The lowest BCUT2D eigenvalue weighted by atomic mass is 9.94. The highest BCUT2D eigenvalue weighted by Gasteiger charge is 2.33. The Morgan fingerprint density at radius 3 is 1.88 bits per heavy atom. The molecule has 0 heterocycles. The van der Waals surface area contributed by atoms with Crippen LogP contribution < -0.4 is 16.1 Å². The molecule has 7 rings (SSSR count). The monoisotopic (exact) mass is 826 g/mol. The third-order valence-corrected chi connectivity index (χ3v) is 11.1. The van der Waals surface area contributed by atoms with E-state index in [1.807, 2.05) is 0 Å². The fraction of sp³-hybridized carbons (Fsp3) is 0. The van der Waals surface area contributed by atoms with Crippen LogP contribution in [0.3, 0.4) is 0 Å². The van der Waals surface area contributed by atoms with Crippen molar-refractivity contribution in [3.63, 3.8) is 0 Å². The van der Waals surface area contributed by atoms with Crippen molar-refractivity contribution in [2.75, 3.05) is 16.1 Å². The normalized spacial score (nSPS) is 14.1. The molecule has 0 bridgehead atoms. The molecular weight excluding hydrogens is 801 g/mol. The SMILES string of the molecule is O=C(Nc1ccc2c(c1)C=C(S(=O)(=O)O)/C(=N\Nc1ccc3cc(S(=O)(=O)O)ccc3c1)C2=O)Nc1ccc2cc(N=Nc3ccccc3)c(S(=O)(=O)O)cc2c1. The summed E-state index contributed by atoms with van der Waals surface area (Å²) in [5, 5.41) is 19.0. The van der Waals surface area contributed by atoms with Crippen LogP contribution in [0.25, 0.3) is 27.6 Å². The number of nitrogens with one attached hydrogen (secondary N) is 3. The van der Waals surface area contributed by atoms with Gasteiger partial charge in [0, 0.05) is 16.9 Å². The first-order valence-electron chi connectivity index (χ1n) is 16.3. The highest BCUT2D eigenvalue weighted by molar-refractivity contribution is 7.91. The first kappa shape index (κ1) is 38.6. The molecule has 6 N–H and O–H groups in total. The van der Waals surface area contributed by atoms with Gasteiger partial charge in [-0.1, -0.05) is 36.4 Å². The van der Waals surface area contributed by atoms with Crippen molar-refractivity contribution in [1.29, 1.82) is 0 Å². The number of hydrogen-bond donors (Lipinski definition) is 6. The fourth-order valence-corrected chi connectivity index (χ4v) is 7.63. The summed E-state index contributed by atoms with van der Waals surface area (Å²) in [4.78, 5) is 24.9. The minimum atomic E-state index is -5.01. The Morgan fingerprint density at radius 1 is 0.579 bits per heavy atom. The predicted molar refractivity (Wildman–Crippen MR) is 212 cm³/mol. The average Bonchev–Trinajstić information content (AvgIpc) is 3.15. The first-order valence-corrected chi connectivity index (χ1v) is 20.6. The number of allylic oxidation sites excluding steroid dienone is 1. The molecule has 2 amide bonds. The topological polar surface area (TPSA) is 270 Å². The fourth-order valence-electron chi connectivity index (χ4n) is 5.82. The Morgan fingerprint density at radius 2 is 1.19 bits per heavy atom. The Labute approximate surface area is 323 Å². The zero-order valence-electron chi connectivity index (χ0n) is 28.7. The molecule has 1 aliphatic rings. The molecule has 0 fully saturated rings. The van der Waals surface area contributed by atoms with E-state index in [1.165, 1.54) is 78.9 Å². The van der Waals surface area contributed by atoms with Crippen LogP contribution in [0.15, 0.2) is 145 Å². The third kappa shape index (κ3) is 8.60. The van der Waals surface area contributed by atoms with E-state index < -0.39 is 57.7 Å². The summed E-state index contributed by atoms with van der Waals surface area (Å²) in [5.41, 5.74) is 2.95. The van der Waals surface area contributed by atoms with Gasteiger partial charge in [0.05, 0.1) is 16.3 Å². The number of Topliss-reactive ketones (excluding diaryl/α,β-unsaturated/α-hetero) is 1. The van der Waals surface area contributed by atoms with Gasteiger partial charge in [0.15, 0.2) is 5.71 Å². The summed E-state index contributed by atoms with van der Waals surface area (Å²) in [5.74, 6) is -0.868. The van der Waals surface area contributed by atoms with Crippen LogP contribution in [-0.2, 0) is 30.4 Å². The van der Waals surface area contributed by atoms with Crippen molar-refractivity contribution < 1.29 is 48.5 Å². The molecule has 0 unspecified atom stereocenters. The first-order chi connectivity index (χ1) is 26.9. The minimum Gasteiger partial charge on any atom is -0.308 e. The van der Waals surface area contributed by atoms with Gasteiger partial charge in [-0.05, 0) is 112 Å². The quantitative estimate of drug-likeness (QED) is 0.0472. The number of ketones is 1. The number of rotatable bonds is 9. The summed E-state index contributed by atoms with van der Waals surface area (Å²) in [6.45, 7) is 0. The van der Waals surface area contributed by atoms with Crippen molar-refractivity contribution in [2.45, 2.75) is 9.79 Å². The van der Waals surface area contributed by atoms with Crippen LogP contribution >= 0.6 is 0 Å². The Kier molecular flexibility index (Phi) is 9.99. The second-order valence-electron chi connectivity index (χ2n) is 12.4. The maximum atomic E-state index is 13.5. The van der Waals surface area contributed by atoms with Gasteiger partial charge in [0.2, 0.25) is 5.78 Å². The number of carbonyl (C=O) groups is 2. The number of fused-ring (bicyclic) bond motifs is 3. The Bertz CT molecular complexity index is 3120. The second kappa shape index (κ2) is 14.8. The largest absolute Gasteiger partial charge is 0.323 e. The van der Waals surface area contributed by atoms with Gasteiger partial charge in [-0.3, -0.25) is 23.9 Å². The molecule has 0 radical (unpaired) electrons. The van der Waals surface area contributed by atoms with Crippen molar-refractivity contribution >= 4 is 104 Å².